The van der Waals surface area contributed by atoms with Gasteiger partial charge in [0.15, 0.2) is 0 Å². The molecular weight excluding hydrogens is 417 g/mol. The third-order valence-electron chi connectivity index (χ3n) is 4.71. The predicted molar refractivity (Wildman–Crippen MR) is 117 cm³/mol. The van der Waals surface area contributed by atoms with Crippen molar-refractivity contribution >= 4 is 50.8 Å². The van der Waals surface area contributed by atoms with Crippen molar-refractivity contribution in [2.45, 2.75) is 24.2 Å². The molecule has 1 aliphatic rings. The zero-order valence-electron chi connectivity index (χ0n) is 15.9. The van der Waals surface area contributed by atoms with Gasteiger partial charge in [0.05, 0.1) is 16.4 Å². The largest absolute Gasteiger partial charge is 0.370 e. The fraction of sp³-hybridized carbons (Fsp3) is 0.350. The van der Waals surface area contributed by atoms with Crippen LogP contribution < -0.4 is 4.90 Å². The minimum absolute atomic E-state index is 0.274. The first-order chi connectivity index (χ1) is 13.3. The van der Waals surface area contributed by atoms with Gasteiger partial charge < -0.3 is 4.90 Å². The van der Waals surface area contributed by atoms with E-state index in [1.54, 1.807) is 44.6 Å². The lowest BCUT2D eigenvalue weighted by atomic mass is 10.1. The zero-order chi connectivity index (χ0) is 20.3. The maximum absolute atomic E-state index is 12.9. The number of benzene rings is 2. The molecule has 5 nitrogen and oxygen atoms in total. The molecule has 0 aromatic heterocycles. The SMILES string of the molecule is CN(C)S(=O)(=O)c1cc(N=Cc2ccc(Cl)cc2Cl)ccc1N1CCCCC1. The second kappa shape index (κ2) is 8.82. The molecule has 8 heteroatoms. The molecule has 2 aromatic carbocycles. The molecule has 0 radical (unpaired) electrons. The third-order valence-corrected chi connectivity index (χ3v) is 7.12. The van der Waals surface area contributed by atoms with E-state index >= 15 is 0 Å². The molecule has 0 bridgehead atoms. The summed E-state index contributed by atoms with van der Waals surface area (Å²) in [5.74, 6) is 0. The number of rotatable bonds is 5. The fourth-order valence-electron chi connectivity index (χ4n) is 3.13. The van der Waals surface area contributed by atoms with Crippen LogP contribution in [-0.2, 0) is 10.0 Å². The second-order valence-corrected chi connectivity index (χ2v) is 9.88. The number of hydrogen-bond acceptors (Lipinski definition) is 4. The summed E-state index contributed by atoms with van der Waals surface area (Å²) < 4.78 is 27.1. The van der Waals surface area contributed by atoms with E-state index in [1.165, 1.54) is 10.7 Å². The van der Waals surface area contributed by atoms with Crippen molar-refractivity contribution in [3.8, 4) is 0 Å². The number of anilines is 1. The molecule has 0 saturated carbocycles. The van der Waals surface area contributed by atoms with Crippen molar-refractivity contribution in [1.29, 1.82) is 0 Å². The van der Waals surface area contributed by atoms with Crippen molar-refractivity contribution < 1.29 is 8.42 Å². The van der Waals surface area contributed by atoms with Gasteiger partial charge in [0.2, 0.25) is 10.0 Å². The number of hydrogen-bond donors (Lipinski definition) is 0. The fourth-order valence-corrected chi connectivity index (χ4v) is 4.71. The summed E-state index contributed by atoms with van der Waals surface area (Å²) in [6, 6.07) is 10.5. The van der Waals surface area contributed by atoms with Crippen LogP contribution in [0.2, 0.25) is 10.0 Å². The molecule has 1 heterocycles. The molecule has 3 rings (SSSR count). The molecule has 150 valence electrons. The summed E-state index contributed by atoms with van der Waals surface area (Å²) in [7, 11) is -0.521. The van der Waals surface area contributed by atoms with Crippen LogP contribution in [0.25, 0.3) is 0 Å². The van der Waals surface area contributed by atoms with E-state index in [9.17, 15) is 8.42 Å². The van der Waals surface area contributed by atoms with Crippen LogP contribution >= 0.6 is 23.2 Å². The first kappa shape index (κ1) is 21.1. The van der Waals surface area contributed by atoms with E-state index < -0.39 is 10.0 Å². The topological polar surface area (TPSA) is 53.0 Å². The van der Waals surface area contributed by atoms with Crippen molar-refractivity contribution in [2.24, 2.45) is 4.99 Å². The van der Waals surface area contributed by atoms with Crippen molar-refractivity contribution in [3.05, 3.63) is 52.0 Å². The average molecular weight is 440 g/mol. The second-order valence-electron chi connectivity index (χ2n) is 6.91. The Bertz CT molecular complexity index is 985. The summed E-state index contributed by atoms with van der Waals surface area (Å²) in [6.07, 6.45) is 4.92. The van der Waals surface area contributed by atoms with E-state index in [0.29, 0.717) is 21.3 Å². The van der Waals surface area contributed by atoms with Gasteiger partial charge in [-0.3, -0.25) is 4.99 Å². The number of piperidine rings is 1. The Morgan fingerprint density at radius 3 is 2.39 bits per heavy atom. The van der Waals surface area contributed by atoms with Crippen molar-refractivity contribution in [2.75, 3.05) is 32.1 Å². The van der Waals surface area contributed by atoms with Crippen molar-refractivity contribution in [3.63, 3.8) is 0 Å². The molecule has 2 aromatic rings. The average Bonchev–Trinajstić information content (AvgIpc) is 2.67. The van der Waals surface area contributed by atoms with Gasteiger partial charge in [0.1, 0.15) is 4.90 Å². The van der Waals surface area contributed by atoms with E-state index in [2.05, 4.69) is 9.89 Å². The number of aliphatic imine (C=N–C) groups is 1. The molecule has 0 amide bonds. The highest BCUT2D eigenvalue weighted by atomic mass is 35.5. The van der Waals surface area contributed by atoms with Crippen LogP contribution in [0.4, 0.5) is 11.4 Å². The number of halogens is 2. The Hall–Kier alpha value is -1.60. The van der Waals surface area contributed by atoms with Crippen LogP contribution in [0.15, 0.2) is 46.3 Å². The van der Waals surface area contributed by atoms with Gasteiger partial charge in [-0.15, -0.1) is 0 Å². The van der Waals surface area contributed by atoms with Gasteiger partial charge in [0, 0.05) is 44.0 Å². The molecule has 0 unspecified atom stereocenters. The van der Waals surface area contributed by atoms with Crippen LogP contribution in [-0.4, -0.2) is 46.1 Å². The van der Waals surface area contributed by atoms with E-state index in [1.807, 2.05) is 12.1 Å². The molecule has 0 N–H and O–H groups in total. The molecule has 0 spiro atoms. The molecule has 0 atom stereocenters. The molecule has 1 aliphatic heterocycles. The van der Waals surface area contributed by atoms with E-state index in [-0.39, 0.29) is 4.90 Å². The van der Waals surface area contributed by atoms with Gasteiger partial charge in [-0.25, -0.2) is 12.7 Å². The normalized spacial score (nSPS) is 15.5. The summed E-state index contributed by atoms with van der Waals surface area (Å²) in [6.45, 7) is 1.72. The molecule has 28 heavy (non-hydrogen) atoms. The first-order valence-electron chi connectivity index (χ1n) is 9.10. The van der Waals surface area contributed by atoms with Crippen LogP contribution in [0.3, 0.4) is 0 Å². The Balaban J connectivity index is 2.00. The Kier molecular flexibility index (Phi) is 6.65. The molecule has 1 saturated heterocycles. The molecule has 0 aliphatic carbocycles. The smallest absolute Gasteiger partial charge is 0.244 e. The van der Waals surface area contributed by atoms with Crippen LogP contribution in [0, 0.1) is 0 Å². The van der Waals surface area contributed by atoms with Crippen molar-refractivity contribution in [1.82, 2.24) is 4.31 Å². The lowest BCUT2D eigenvalue weighted by Gasteiger charge is -2.31. The summed E-state index contributed by atoms with van der Waals surface area (Å²) in [4.78, 5) is 6.85. The quantitative estimate of drug-likeness (QED) is 0.616. The third kappa shape index (κ3) is 4.69. The first-order valence-corrected chi connectivity index (χ1v) is 11.3. The summed E-state index contributed by atoms with van der Waals surface area (Å²) in [5, 5.41) is 1.04. The predicted octanol–water partition coefficient (Wildman–Crippen LogP) is 4.98. The van der Waals surface area contributed by atoms with Gasteiger partial charge in [0.25, 0.3) is 0 Å². The minimum atomic E-state index is -3.60. The summed E-state index contributed by atoms with van der Waals surface area (Å²) in [5.41, 5.74) is 1.99. The lowest BCUT2D eigenvalue weighted by Crippen LogP contribution is -2.32. The highest BCUT2D eigenvalue weighted by Crippen LogP contribution is 2.33. The Morgan fingerprint density at radius 1 is 1.04 bits per heavy atom. The van der Waals surface area contributed by atoms with Crippen LogP contribution in [0.5, 0.6) is 0 Å². The van der Waals surface area contributed by atoms with Gasteiger partial charge >= 0.3 is 0 Å². The maximum atomic E-state index is 12.9. The van der Waals surface area contributed by atoms with Gasteiger partial charge in [-0.1, -0.05) is 29.3 Å². The zero-order valence-corrected chi connectivity index (χ0v) is 18.2. The Labute approximate surface area is 176 Å². The highest BCUT2D eigenvalue weighted by Gasteiger charge is 2.25. The lowest BCUT2D eigenvalue weighted by molar-refractivity contribution is 0.519. The highest BCUT2D eigenvalue weighted by molar-refractivity contribution is 7.89. The Morgan fingerprint density at radius 2 is 1.75 bits per heavy atom. The summed E-state index contributed by atoms with van der Waals surface area (Å²) >= 11 is 12.1. The van der Waals surface area contributed by atoms with E-state index in [4.69, 9.17) is 23.2 Å². The monoisotopic (exact) mass is 439 g/mol. The van der Waals surface area contributed by atoms with Gasteiger partial charge in [-0.05, 0) is 49.6 Å². The number of nitrogens with zero attached hydrogens (tertiary/aromatic N) is 3. The van der Waals surface area contributed by atoms with Crippen LogP contribution in [0.1, 0.15) is 24.8 Å². The number of sulfonamides is 1. The standard InChI is InChI=1S/C20H23Cl2N3O2S/c1-24(2)28(26,27)20-13-17(8-9-19(20)25-10-4-3-5-11-25)23-14-15-6-7-16(21)12-18(15)22/h6-9,12-14H,3-5,10-11H2,1-2H3. The maximum Gasteiger partial charge on any atom is 0.244 e. The minimum Gasteiger partial charge on any atom is -0.370 e. The molecule has 1 fully saturated rings. The molecular formula is C20H23Cl2N3O2S. The van der Waals surface area contributed by atoms with Gasteiger partial charge in [-0.2, -0.15) is 0 Å². The van der Waals surface area contributed by atoms with E-state index in [0.717, 1.165) is 31.6 Å².